The van der Waals surface area contributed by atoms with E-state index >= 15 is 0 Å². The third-order valence-corrected chi connectivity index (χ3v) is 2.29. The minimum Gasteiger partial charge on any atom is -0.496 e. The molecule has 0 aliphatic heterocycles. The van der Waals surface area contributed by atoms with Crippen LogP contribution in [0.5, 0.6) is 11.5 Å². The van der Waals surface area contributed by atoms with Gasteiger partial charge in [0.15, 0.2) is 0 Å². The van der Waals surface area contributed by atoms with Crippen LogP contribution in [-0.4, -0.2) is 20.8 Å². The Bertz CT molecular complexity index is 359. The minimum absolute atomic E-state index is 0.514. The van der Waals surface area contributed by atoms with Crippen molar-refractivity contribution >= 4 is 6.08 Å². The zero-order valence-electron chi connectivity index (χ0n) is 9.41. The van der Waals surface area contributed by atoms with Crippen molar-refractivity contribution in [2.24, 2.45) is 5.73 Å². The lowest BCUT2D eigenvalue weighted by atomic mass is 10.1. The van der Waals surface area contributed by atoms with E-state index in [0.29, 0.717) is 6.54 Å². The predicted molar refractivity (Wildman–Crippen MR) is 62.4 cm³/mol. The molecule has 3 heteroatoms. The molecule has 0 saturated heterocycles. The number of ether oxygens (including phenoxy) is 2. The largest absolute Gasteiger partial charge is 0.496 e. The zero-order chi connectivity index (χ0) is 11.3. The Labute approximate surface area is 90.5 Å². The summed E-state index contributed by atoms with van der Waals surface area (Å²) in [5.74, 6) is 1.69. The number of rotatable bonds is 4. The summed E-state index contributed by atoms with van der Waals surface area (Å²) in [4.78, 5) is 0. The van der Waals surface area contributed by atoms with Gasteiger partial charge in [-0.2, -0.15) is 0 Å². The molecule has 0 aliphatic rings. The van der Waals surface area contributed by atoms with Crippen LogP contribution in [-0.2, 0) is 0 Å². The molecule has 0 amide bonds. The van der Waals surface area contributed by atoms with Crippen LogP contribution < -0.4 is 15.2 Å². The van der Waals surface area contributed by atoms with Gasteiger partial charge in [-0.15, -0.1) is 0 Å². The quantitative estimate of drug-likeness (QED) is 0.821. The van der Waals surface area contributed by atoms with Crippen molar-refractivity contribution in [2.75, 3.05) is 20.8 Å². The van der Waals surface area contributed by atoms with Gasteiger partial charge < -0.3 is 15.2 Å². The molecule has 0 atom stereocenters. The molecule has 1 aromatic carbocycles. The highest BCUT2D eigenvalue weighted by atomic mass is 16.5. The van der Waals surface area contributed by atoms with Gasteiger partial charge in [0, 0.05) is 17.7 Å². The van der Waals surface area contributed by atoms with Crippen molar-refractivity contribution in [3.05, 3.63) is 29.3 Å². The molecule has 2 N–H and O–H groups in total. The highest BCUT2D eigenvalue weighted by Gasteiger charge is 2.07. The summed E-state index contributed by atoms with van der Waals surface area (Å²) >= 11 is 0. The molecular formula is C12H17NO2. The average Bonchev–Trinajstić information content (AvgIpc) is 2.27. The smallest absolute Gasteiger partial charge is 0.126 e. The van der Waals surface area contributed by atoms with Gasteiger partial charge in [-0.05, 0) is 19.1 Å². The van der Waals surface area contributed by atoms with Gasteiger partial charge in [0.25, 0.3) is 0 Å². The highest BCUT2D eigenvalue weighted by molar-refractivity contribution is 5.64. The van der Waals surface area contributed by atoms with Gasteiger partial charge in [-0.1, -0.05) is 12.2 Å². The van der Waals surface area contributed by atoms with Crippen LogP contribution in [0.1, 0.15) is 11.1 Å². The fourth-order valence-electron chi connectivity index (χ4n) is 1.48. The molecule has 0 bridgehead atoms. The number of hydrogen-bond acceptors (Lipinski definition) is 3. The van der Waals surface area contributed by atoms with Crippen molar-refractivity contribution in [1.29, 1.82) is 0 Å². The molecule has 15 heavy (non-hydrogen) atoms. The molecule has 0 saturated carbocycles. The Morgan fingerprint density at radius 1 is 1.20 bits per heavy atom. The van der Waals surface area contributed by atoms with Crippen LogP contribution in [0.25, 0.3) is 6.08 Å². The van der Waals surface area contributed by atoms with Gasteiger partial charge in [0.2, 0.25) is 0 Å². The van der Waals surface area contributed by atoms with Crippen LogP contribution in [0.4, 0.5) is 0 Å². The van der Waals surface area contributed by atoms with Crippen molar-refractivity contribution in [2.45, 2.75) is 6.92 Å². The van der Waals surface area contributed by atoms with Crippen molar-refractivity contribution in [1.82, 2.24) is 0 Å². The second kappa shape index (κ2) is 5.41. The maximum absolute atomic E-state index is 5.43. The second-order valence-corrected chi connectivity index (χ2v) is 3.15. The van der Waals surface area contributed by atoms with E-state index in [1.165, 1.54) is 0 Å². The highest BCUT2D eigenvalue weighted by Crippen LogP contribution is 2.30. The van der Waals surface area contributed by atoms with Gasteiger partial charge >= 0.3 is 0 Å². The first-order chi connectivity index (χ1) is 7.24. The first-order valence-electron chi connectivity index (χ1n) is 4.82. The fraction of sp³-hybridized carbons (Fsp3) is 0.333. The molecule has 3 nitrogen and oxygen atoms in total. The molecule has 0 unspecified atom stereocenters. The Kier molecular flexibility index (Phi) is 4.18. The molecule has 0 spiro atoms. The molecule has 1 aromatic rings. The first-order valence-corrected chi connectivity index (χ1v) is 4.82. The fourth-order valence-corrected chi connectivity index (χ4v) is 1.48. The average molecular weight is 207 g/mol. The normalized spacial score (nSPS) is 10.7. The van der Waals surface area contributed by atoms with E-state index in [4.69, 9.17) is 15.2 Å². The molecule has 0 aromatic heterocycles. The van der Waals surface area contributed by atoms with E-state index in [9.17, 15) is 0 Å². The molecule has 1 rings (SSSR count). The Balaban J connectivity index is 3.22. The third-order valence-electron chi connectivity index (χ3n) is 2.29. The maximum atomic E-state index is 5.43. The number of benzene rings is 1. The van der Waals surface area contributed by atoms with E-state index < -0.39 is 0 Å². The molecule has 0 radical (unpaired) electrons. The van der Waals surface area contributed by atoms with Crippen LogP contribution in [0.15, 0.2) is 18.2 Å². The predicted octanol–water partition coefficient (Wildman–Crippen LogP) is 1.98. The van der Waals surface area contributed by atoms with Crippen LogP contribution in [0.3, 0.4) is 0 Å². The Morgan fingerprint density at radius 3 is 2.33 bits per heavy atom. The summed E-state index contributed by atoms with van der Waals surface area (Å²) in [5, 5.41) is 0. The van der Waals surface area contributed by atoms with E-state index in [1.54, 1.807) is 14.2 Å². The van der Waals surface area contributed by atoms with Crippen LogP contribution in [0.2, 0.25) is 0 Å². The number of methoxy groups -OCH3 is 2. The summed E-state index contributed by atoms with van der Waals surface area (Å²) in [5.41, 5.74) is 7.50. The van der Waals surface area contributed by atoms with E-state index in [-0.39, 0.29) is 0 Å². The molecule has 0 fully saturated rings. The van der Waals surface area contributed by atoms with Gasteiger partial charge in [0.1, 0.15) is 11.5 Å². The summed E-state index contributed by atoms with van der Waals surface area (Å²) in [6, 6.07) is 3.79. The lowest BCUT2D eigenvalue weighted by molar-refractivity contribution is 0.399. The van der Waals surface area contributed by atoms with Crippen molar-refractivity contribution < 1.29 is 9.47 Å². The Hall–Kier alpha value is -1.48. The standard InChI is InChI=1S/C12H17NO2/c1-9-10(5-4-8-13)12(15-3)7-6-11(9)14-2/h4-7H,8,13H2,1-3H3/b5-4+. The van der Waals surface area contributed by atoms with E-state index in [0.717, 1.165) is 22.6 Å². The van der Waals surface area contributed by atoms with Crippen molar-refractivity contribution in [3.63, 3.8) is 0 Å². The topological polar surface area (TPSA) is 44.5 Å². The summed E-state index contributed by atoms with van der Waals surface area (Å²) < 4.78 is 10.5. The summed E-state index contributed by atoms with van der Waals surface area (Å²) in [6.07, 6.45) is 3.85. The lowest BCUT2D eigenvalue weighted by Gasteiger charge is -2.11. The minimum atomic E-state index is 0.514. The number of hydrogen-bond donors (Lipinski definition) is 1. The molecule has 0 heterocycles. The SMILES string of the molecule is COc1ccc(OC)c(/C=C/CN)c1C. The van der Waals surface area contributed by atoms with Gasteiger partial charge in [-0.3, -0.25) is 0 Å². The summed E-state index contributed by atoms with van der Waals surface area (Å²) in [6.45, 7) is 2.51. The second-order valence-electron chi connectivity index (χ2n) is 3.15. The van der Waals surface area contributed by atoms with Crippen LogP contribution >= 0.6 is 0 Å². The molecule has 0 aliphatic carbocycles. The number of nitrogens with two attached hydrogens (primary N) is 1. The first kappa shape index (κ1) is 11.6. The van der Waals surface area contributed by atoms with Crippen LogP contribution in [0, 0.1) is 6.92 Å². The lowest BCUT2D eigenvalue weighted by Crippen LogP contribution is -1.96. The molecular weight excluding hydrogens is 190 g/mol. The van der Waals surface area contributed by atoms with Gasteiger partial charge in [-0.25, -0.2) is 0 Å². The maximum Gasteiger partial charge on any atom is 0.126 e. The molecule has 82 valence electrons. The monoisotopic (exact) mass is 207 g/mol. The van der Waals surface area contributed by atoms with E-state index in [2.05, 4.69) is 0 Å². The van der Waals surface area contributed by atoms with Crippen molar-refractivity contribution in [3.8, 4) is 11.5 Å². The summed E-state index contributed by atoms with van der Waals surface area (Å²) in [7, 11) is 3.31. The van der Waals surface area contributed by atoms with Gasteiger partial charge in [0.05, 0.1) is 14.2 Å². The Morgan fingerprint density at radius 2 is 1.80 bits per heavy atom. The zero-order valence-corrected chi connectivity index (χ0v) is 9.41. The third kappa shape index (κ3) is 2.50. The van der Waals surface area contributed by atoms with E-state index in [1.807, 2.05) is 31.2 Å².